The molecule has 0 unspecified atom stereocenters. The molecule has 2 aromatic carbocycles. The fourth-order valence-electron chi connectivity index (χ4n) is 1.67. The first-order valence-corrected chi connectivity index (χ1v) is 6.16. The van der Waals surface area contributed by atoms with E-state index in [0.29, 0.717) is 0 Å². The summed E-state index contributed by atoms with van der Waals surface area (Å²) >= 11 is 0. The second-order valence-electron chi connectivity index (χ2n) is 4.12. The second kappa shape index (κ2) is 6.43. The normalized spacial score (nSPS) is 9.65. The van der Waals surface area contributed by atoms with Crippen LogP contribution < -0.4 is 15.4 Å². The van der Waals surface area contributed by atoms with Gasteiger partial charge in [0.1, 0.15) is 5.75 Å². The smallest absolute Gasteiger partial charge is 0.247 e. The highest BCUT2D eigenvalue weighted by Crippen LogP contribution is 2.21. The van der Waals surface area contributed by atoms with Gasteiger partial charge in [-0.05, 0) is 54.6 Å². The van der Waals surface area contributed by atoms with Crippen LogP contribution in [0.1, 0.15) is 0 Å². The van der Waals surface area contributed by atoms with Gasteiger partial charge in [-0.2, -0.15) is 0 Å². The molecule has 2 rings (SSSR count). The lowest BCUT2D eigenvalue weighted by Gasteiger charge is -2.08. The van der Waals surface area contributed by atoms with Crippen LogP contribution in [-0.4, -0.2) is 13.0 Å². The summed E-state index contributed by atoms with van der Waals surface area (Å²) < 4.78 is 5.11. The predicted molar refractivity (Wildman–Crippen MR) is 81.5 cm³/mol. The first-order chi connectivity index (χ1) is 9.71. The molecule has 2 aromatic rings. The van der Waals surface area contributed by atoms with Crippen LogP contribution in [-0.2, 0) is 4.79 Å². The lowest BCUT2D eigenvalue weighted by atomic mass is 10.2. The van der Waals surface area contributed by atoms with Crippen molar-refractivity contribution in [1.29, 1.82) is 0 Å². The van der Waals surface area contributed by atoms with E-state index in [1.165, 1.54) is 6.08 Å². The number of nitrogens with one attached hydrogen (secondary N) is 2. The van der Waals surface area contributed by atoms with E-state index < -0.39 is 0 Å². The van der Waals surface area contributed by atoms with Crippen molar-refractivity contribution in [2.24, 2.45) is 0 Å². The molecule has 0 aliphatic carbocycles. The molecular weight excluding hydrogens is 252 g/mol. The maximum atomic E-state index is 11.2. The fraction of sp³-hybridized carbons (Fsp3) is 0.0625. The van der Waals surface area contributed by atoms with E-state index in [0.717, 1.165) is 22.8 Å². The van der Waals surface area contributed by atoms with E-state index in [4.69, 9.17) is 4.74 Å². The van der Waals surface area contributed by atoms with E-state index >= 15 is 0 Å². The van der Waals surface area contributed by atoms with E-state index in [2.05, 4.69) is 17.2 Å². The Bertz CT molecular complexity index is 589. The monoisotopic (exact) mass is 268 g/mol. The van der Waals surface area contributed by atoms with Crippen LogP contribution in [0.2, 0.25) is 0 Å². The van der Waals surface area contributed by atoms with Gasteiger partial charge in [-0.3, -0.25) is 4.79 Å². The van der Waals surface area contributed by atoms with Crippen LogP contribution in [0.4, 0.5) is 17.1 Å². The van der Waals surface area contributed by atoms with Crippen LogP contribution in [0.5, 0.6) is 5.75 Å². The van der Waals surface area contributed by atoms with Gasteiger partial charge in [-0.25, -0.2) is 0 Å². The van der Waals surface area contributed by atoms with Crippen LogP contribution in [0.3, 0.4) is 0 Å². The number of carbonyl (C=O) groups excluding carboxylic acids is 1. The van der Waals surface area contributed by atoms with Gasteiger partial charge >= 0.3 is 0 Å². The molecule has 0 radical (unpaired) electrons. The summed E-state index contributed by atoms with van der Waals surface area (Å²) in [5, 5.41) is 5.96. The summed E-state index contributed by atoms with van der Waals surface area (Å²) in [6.45, 7) is 3.41. The van der Waals surface area contributed by atoms with Gasteiger partial charge in [0.15, 0.2) is 0 Å². The zero-order valence-corrected chi connectivity index (χ0v) is 11.2. The maximum absolute atomic E-state index is 11.2. The number of hydrogen-bond acceptors (Lipinski definition) is 3. The zero-order chi connectivity index (χ0) is 14.4. The summed E-state index contributed by atoms with van der Waals surface area (Å²) in [7, 11) is 1.64. The van der Waals surface area contributed by atoms with Crippen LogP contribution in [0, 0.1) is 0 Å². The van der Waals surface area contributed by atoms with Gasteiger partial charge in [-0.1, -0.05) is 6.58 Å². The first-order valence-electron chi connectivity index (χ1n) is 6.16. The Kier molecular flexibility index (Phi) is 4.39. The van der Waals surface area contributed by atoms with E-state index in [1.807, 2.05) is 48.5 Å². The molecule has 0 atom stereocenters. The molecule has 20 heavy (non-hydrogen) atoms. The maximum Gasteiger partial charge on any atom is 0.247 e. The summed E-state index contributed by atoms with van der Waals surface area (Å²) in [5.41, 5.74) is 2.63. The average molecular weight is 268 g/mol. The molecular formula is C16H16N2O2. The third kappa shape index (κ3) is 3.62. The summed E-state index contributed by atoms with van der Waals surface area (Å²) in [5.74, 6) is 0.596. The van der Waals surface area contributed by atoms with Gasteiger partial charge in [0, 0.05) is 17.1 Å². The van der Waals surface area contributed by atoms with E-state index in [1.54, 1.807) is 7.11 Å². The fourth-order valence-corrected chi connectivity index (χ4v) is 1.67. The molecule has 0 bridgehead atoms. The minimum absolute atomic E-state index is 0.221. The van der Waals surface area contributed by atoms with Crippen LogP contribution in [0.25, 0.3) is 0 Å². The Morgan fingerprint density at radius 2 is 1.50 bits per heavy atom. The molecule has 4 nitrogen and oxygen atoms in total. The molecule has 0 aliphatic rings. The van der Waals surface area contributed by atoms with E-state index in [-0.39, 0.29) is 5.91 Å². The van der Waals surface area contributed by atoms with Gasteiger partial charge < -0.3 is 15.4 Å². The number of rotatable bonds is 5. The quantitative estimate of drug-likeness (QED) is 0.815. The SMILES string of the molecule is C=CC(=O)Nc1ccc(Nc2ccc(OC)cc2)cc1. The van der Waals surface area contributed by atoms with Gasteiger partial charge in [0.2, 0.25) is 5.91 Å². The molecule has 2 N–H and O–H groups in total. The standard InChI is InChI=1S/C16H16N2O2/c1-3-16(19)18-14-6-4-12(5-7-14)17-13-8-10-15(20-2)11-9-13/h3-11,17H,1H2,2H3,(H,18,19). The molecule has 0 aliphatic heterocycles. The number of ether oxygens (including phenoxy) is 1. The minimum Gasteiger partial charge on any atom is -0.497 e. The van der Waals surface area contributed by atoms with Crippen molar-refractivity contribution >= 4 is 23.0 Å². The molecule has 0 aromatic heterocycles. The van der Waals surface area contributed by atoms with Crippen molar-refractivity contribution in [1.82, 2.24) is 0 Å². The lowest BCUT2D eigenvalue weighted by molar-refractivity contribution is -0.111. The van der Waals surface area contributed by atoms with Crippen LogP contribution >= 0.6 is 0 Å². The number of methoxy groups -OCH3 is 1. The highest BCUT2D eigenvalue weighted by Gasteiger charge is 1.98. The molecule has 4 heteroatoms. The minimum atomic E-state index is -0.221. The molecule has 0 fully saturated rings. The van der Waals surface area contributed by atoms with Crippen molar-refractivity contribution in [2.75, 3.05) is 17.7 Å². The number of amides is 1. The van der Waals surface area contributed by atoms with Gasteiger partial charge in [0.05, 0.1) is 7.11 Å². The summed E-state index contributed by atoms with van der Waals surface area (Å²) in [6, 6.07) is 15.1. The van der Waals surface area contributed by atoms with Crippen LogP contribution in [0.15, 0.2) is 61.2 Å². The molecule has 0 spiro atoms. The average Bonchev–Trinajstić information content (AvgIpc) is 2.50. The van der Waals surface area contributed by atoms with Gasteiger partial charge in [0.25, 0.3) is 0 Å². The molecule has 1 amide bonds. The second-order valence-corrected chi connectivity index (χ2v) is 4.12. The number of benzene rings is 2. The van der Waals surface area contributed by atoms with Crippen molar-refractivity contribution in [3.63, 3.8) is 0 Å². The van der Waals surface area contributed by atoms with Gasteiger partial charge in [-0.15, -0.1) is 0 Å². The third-order valence-electron chi connectivity index (χ3n) is 2.72. The number of hydrogen-bond donors (Lipinski definition) is 2. The number of carbonyl (C=O) groups is 1. The van der Waals surface area contributed by atoms with E-state index in [9.17, 15) is 4.79 Å². The molecule has 0 saturated carbocycles. The summed E-state index contributed by atoms with van der Waals surface area (Å²) in [4.78, 5) is 11.2. The predicted octanol–water partition coefficient (Wildman–Crippen LogP) is 3.56. The molecule has 102 valence electrons. The Labute approximate surface area is 118 Å². The van der Waals surface area contributed by atoms with Crippen molar-refractivity contribution < 1.29 is 9.53 Å². The lowest BCUT2D eigenvalue weighted by Crippen LogP contribution is -2.06. The molecule has 0 heterocycles. The summed E-state index contributed by atoms with van der Waals surface area (Å²) in [6.07, 6.45) is 1.24. The zero-order valence-electron chi connectivity index (χ0n) is 11.2. The van der Waals surface area contributed by atoms with Crippen molar-refractivity contribution in [3.8, 4) is 5.75 Å². The highest BCUT2D eigenvalue weighted by molar-refractivity contribution is 5.98. The Hall–Kier alpha value is -2.75. The van der Waals surface area contributed by atoms with Crippen molar-refractivity contribution in [2.45, 2.75) is 0 Å². The Morgan fingerprint density at radius 3 is 2.00 bits per heavy atom. The van der Waals surface area contributed by atoms with Crippen molar-refractivity contribution in [3.05, 3.63) is 61.2 Å². The number of anilines is 3. The largest absolute Gasteiger partial charge is 0.497 e. The Morgan fingerprint density at radius 1 is 1.00 bits per heavy atom. The topological polar surface area (TPSA) is 50.4 Å². The third-order valence-corrected chi connectivity index (χ3v) is 2.72. The highest BCUT2D eigenvalue weighted by atomic mass is 16.5. The first kappa shape index (κ1) is 13.7. The Balaban J connectivity index is 2.02. The molecule has 0 saturated heterocycles.